The molecule has 0 unspecified atom stereocenters. The molecule has 0 bridgehead atoms. The van der Waals surface area contributed by atoms with Crippen LogP contribution in [0, 0.1) is 0 Å². The number of benzene rings is 1. The first-order valence-corrected chi connectivity index (χ1v) is 8.89. The van der Waals surface area contributed by atoms with Gasteiger partial charge in [-0.2, -0.15) is 0 Å². The first-order chi connectivity index (χ1) is 10.9. The molecule has 0 radical (unpaired) electrons. The largest absolute Gasteiger partial charge is 0.497 e. The molecule has 1 aliphatic heterocycles. The third-order valence-electron chi connectivity index (χ3n) is 3.33. The van der Waals surface area contributed by atoms with Crippen LogP contribution in [-0.4, -0.2) is 51.6 Å². The van der Waals surface area contributed by atoms with Gasteiger partial charge in [0.2, 0.25) is 5.91 Å². The molecule has 8 nitrogen and oxygen atoms in total. The minimum atomic E-state index is -3.05. The highest BCUT2D eigenvalue weighted by Gasteiger charge is 2.28. The first-order valence-electron chi connectivity index (χ1n) is 7.06. The normalized spacial score (nSPS) is 18.9. The molecule has 1 heterocycles. The fourth-order valence-electron chi connectivity index (χ4n) is 2.21. The fourth-order valence-corrected chi connectivity index (χ4v) is 3.89. The Bertz CT molecular complexity index is 689. The van der Waals surface area contributed by atoms with Gasteiger partial charge in [-0.1, -0.05) is 6.07 Å². The summed E-state index contributed by atoms with van der Waals surface area (Å²) in [5, 5.41) is 7.56. The molecular weight excluding hydrogens is 322 g/mol. The predicted molar refractivity (Wildman–Crippen MR) is 85.2 cm³/mol. The number of sulfone groups is 1. The van der Waals surface area contributed by atoms with Crippen LogP contribution in [-0.2, 0) is 14.6 Å². The highest BCUT2D eigenvalue weighted by Crippen LogP contribution is 2.16. The van der Waals surface area contributed by atoms with Crippen molar-refractivity contribution >= 4 is 27.5 Å². The molecule has 1 fully saturated rings. The van der Waals surface area contributed by atoms with E-state index in [0.717, 1.165) is 0 Å². The van der Waals surface area contributed by atoms with Crippen LogP contribution in [0.5, 0.6) is 5.75 Å². The minimum absolute atomic E-state index is 0.0591. The maximum Gasteiger partial charge on any atom is 0.315 e. The van der Waals surface area contributed by atoms with Crippen LogP contribution in [0.15, 0.2) is 24.3 Å². The lowest BCUT2D eigenvalue weighted by molar-refractivity contribution is -0.115. The standard InChI is InChI=1S/C14H19N3O5S/c1-22-12-4-2-3-10(7-12)16-13(18)8-15-14(19)17-11-5-6-23(20,21)9-11/h2-4,7,11H,5-6,8-9H2,1H3,(H,16,18)(H2,15,17,19)/t11-/m1/s1. The maximum absolute atomic E-state index is 11.8. The van der Waals surface area contributed by atoms with Crippen LogP contribution in [0.1, 0.15) is 6.42 Å². The number of rotatable bonds is 5. The number of hydrogen-bond donors (Lipinski definition) is 3. The van der Waals surface area contributed by atoms with Crippen molar-refractivity contribution in [2.75, 3.05) is 30.5 Å². The van der Waals surface area contributed by atoms with Crippen molar-refractivity contribution in [3.05, 3.63) is 24.3 Å². The van der Waals surface area contributed by atoms with E-state index in [1.165, 1.54) is 7.11 Å². The van der Waals surface area contributed by atoms with E-state index in [0.29, 0.717) is 17.9 Å². The minimum Gasteiger partial charge on any atom is -0.497 e. The summed E-state index contributed by atoms with van der Waals surface area (Å²) >= 11 is 0. The predicted octanol–water partition coefficient (Wildman–Crippen LogP) is 0.120. The van der Waals surface area contributed by atoms with E-state index in [1.54, 1.807) is 24.3 Å². The molecule has 0 aromatic heterocycles. The van der Waals surface area contributed by atoms with Crippen LogP contribution < -0.4 is 20.7 Å². The van der Waals surface area contributed by atoms with E-state index in [9.17, 15) is 18.0 Å². The van der Waals surface area contributed by atoms with Gasteiger partial charge in [0.05, 0.1) is 25.2 Å². The van der Waals surface area contributed by atoms with E-state index in [1.807, 2.05) is 0 Å². The van der Waals surface area contributed by atoms with E-state index >= 15 is 0 Å². The number of amides is 3. The molecule has 23 heavy (non-hydrogen) atoms. The summed E-state index contributed by atoms with van der Waals surface area (Å²) in [6.07, 6.45) is 0.395. The fraction of sp³-hybridized carbons (Fsp3) is 0.429. The molecule has 0 saturated carbocycles. The van der Waals surface area contributed by atoms with Gasteiger partial charge in [-0.15, -0.1) is 0 Å². The Hall–Kier alpha value is -2.29. The number of methoxy groups -OCH3 is 1. The maximum atomic E-state index is 11.8. The number of anilines is 1. The molecule has 2 rings (SSSR count). The van der Waals surface area contributed by atoms with Crippen molar-refractivity contribution in [2.45, 2.75) is 12.5 Å². The zero-order valence-corrected chi connectivity index (χ0v) is 13.5. The Kier molecular flexibility index (Phi) is 5.43. The molecule has 3 amide bonds. The van der Waals surface area contributed by atoms with Crippen molar-refractivity contribution in [3.8, 4) is 5.75 Å². The molecule has 1 aromatic carbocycles. The quantitative estimate of drug-likeness (QED) is 0.704. The Morgan fingerprint density at radius 2 is 2.13 bits per heavy atom. The summed E-state index contributed by atoms with van der Waals surface area (Å²) < 4.78 is 27.6. The molecule has 1 aromatic rings. The molecular formula is C14H19N3O5S. The lowest BCUT2D eigenvalue weighted by atomic mass is 10.3. The van der Waals surface area contributed by atoms with E-state index < -0.39 is 27.8 Å². The monoisotopic (exact) mass is 341 g/mol. The second-order valence-electron chi connectivity index (χ2n) is 5.21. The zero-order chi connectivity index (χ0) is 16.9. The van der Waals surface area contributed by atoms with Gasteiger partial charge in [-0.3, -0.25) is 4.79 Å². The second-order valence-corrected chi connectivity index (χ2v) is 7.44. The lowest BCUT2D eigenvalue weighted by Gasteiger charge is -2.12. The van der Waals surface area contributed by atoms with Gasteiger partial charge in [-0.05, 0) is 18.6 Å². The molecule has 0 spiro atoms. The van der Waals surface area contributed by atoms with Crippen LogP contribution in [0.3, 0.4) is 0 Å². The summed E-state index contributed by atoms with van der Waals surface area (Å²) in [6, 6.07) is 5.87. The summed E-state index contributed by atoms with van der Waals surface area (Å²) in [7, 11) is -1.53. The number of nitrogens with one attached hydrogen (secondary N) is 3. The Balaban J connectivity index is 1.74. The Labute approximate surface area is 134 Å². The van der Waals surface area contributed by atoms with Crippen LogP contribution in [0.25, 0.3) is 0 Å². The summed E-state index contributed by atoms with van der Waals surface area (Å²) in [5.41, 5.74) is 0.554. The third kappa shape index (κ3) is 5.44. The Morgan fingerprint density at radius 3 is 2.78 bits per heavy atom. The van der Waals surface area contributed by atoms with Crippen molar-refractivity contribution in [1.29, 1.82) is 0 Å². The zero-order valence-electron chi connectivity index (χ0n) is 12.7. The van der Waals surface area contributed by atoms with E-state index in [4.69, 9.17) is 4.74 Å². The molecule has 1 saturated heterocycles. The van der Waals surface area contributed by atoms with Gasteiger partial charge in [0, 0.05) is 17.8 Å². The molecule has 0 aliphatic carbocycles. The second kappa shape index (κ2) is 7.32. The molecule has 1 aliphatic rings. The van der Waals surface area contributed by atoms with Gasteiger partial charge in [0.25, 0.3) is 0 Å². The average Bonchev–Trinajstić information content (AvgIpc) is 2.84. The first kappa shape index (κ1) is 17.1. The van der Waals surface area contributed by atoms with Gasteiger partial charge < -0.3 is 20.7 Å². The van der Waals surface area contributed by atoms with Crippen LogP contribution >= 0.6 is 0 Å². The van der Waals surface area contributed by atoms with Crippen molar-refractivity contribution in [1.82, 2.24) is 10.6 Å². The van der Waals surface area contributed by atoms with E-state index in [2.05, 4.69) is 16.0 Å². The topological polar surface area (TPSA) is 114 Å². The number of ether oxygens (including phenoxy) is 1. The van der Waals surface area contributed by atoms with Crippen molar-refractivity contribution in [2.24, 2.45) is 0 Å². The highest BCUT2D eigenvalue weighted by molar-refractivity contribution is 7.91. The molecule has 3 N–H and O–H groups in total. The van der Waals surface area contributed by atoms with Gasteiger partial charge in [-0.25, -0.2) is 13.2 Å². The number of carbonyl (C=O) groups is 2. The number of carbonyl (C=O) groups excluding carboxylic acids is 2. The molecule has 1 atom stereocenters. The smallest absolute Gasteiger partial charge is 0.315 e. The summed E-state index contributed by atoms with van der Waals surface area (Å²) in [4.78, 5) is 23.4. The van der Waals surface area contributed by atoms with Gasteiger partial charge >= 0.3 is 6.03 Å². The number of urea groups is 1. The van der Waals surface area contributed by atoms with Crippen LogP contribution in [0.2, 0.25) is 0 Å². The van der Waals surface area contributed by atoms with Crippen molar-refractivity contribution < 1.29 is 22.7 Å². The van der Waals surface area contributed by atoms with Crippen LogP contribution in [0.4, 0.5) is 10.5 Å². The Morgan fingerprint density at radius 1 is 1.35 bits per heavy atom. The number of hydrogen-bond acceptors (Lipinski definition) is 5. The van der Waals surface area contributed by atoms with Gasteiger partial charge in [0.15, 0.2) is 9.84 Å². The summed E-state index contributed by atoms with van der Waals surface area (Å²) in [5.74, 6) is 0.230. The van der Waals surface area contributed by atoms with Crippen molar-refractivity contribution in [3.63, 3.8) is 0 Å². The molecule has 126 valence electrons. The van der Waals surface area contributed by atoms with E-state index in [-0.39, 0.29) is 18.1 Å². The third-order valence-corrected chi connectivity index (χ3v) is 5.10. The molecule has 9 heteroatoms. The average molecular weight is 341 g/mol. The highest BCUT2D eigenvalue weighted by atomic mass is 32.2. The van der Waals surface area contributed by atoms with Gasteiger partial charge in [0.1, 0.15) is 5.75 Å². The lowest BCUT2D eigenvalue weighted by Crippen LogP contribution is -2.45. The summed E-state index contributed by atoms with van der Waals surface area (Å²) in [6.45, 7) is -0.220. The SMILES string of the molecule is COc1cccc(NC(=O)CNC(=O)N[C@@H]2CCS(=O)(=O)C2)c1.